The summed E-state index contributed by atoms with van der Waals surface area (Å²) in [6.45, 7) is 1.88. The van der Waals surface area contributed by atoms with E-state index in [-0.39, 0.29) is 0 Å². The molecule has 6 nitrogen and oxygen atoms in total. The van der Waals surface area contributed by atoms with Crippen LogP contribution in [0.4, 0.5) is 0 Å². The monoisotopic (exact) mass is 405 g/mol. The number of ether oxygens (including phenoxy) is 1. The van der Waals surface area contributed by atoms with Crippen LogP contribution in [0.3, 0.4) is 0 Å². The van der Waals surface area contributed by atoms with Gasteiger partial charge in [0, 0.05) is 29.8 Å². The van der Waals surface area contributed by atoms with E-state index in [4.69, 9.17) is 4.74 Å². The lowest BCUT2D eigenvalue weighted by Gasteiger charge is -2.06. The number of aryl methyl sites for hydroxylation is 1. The van der Waals surface area contributed by atoms with Crippen molar-refractivity contribution < 1.29 is 4.74 Å². The van der Waals surface area contributed by atoms with Crippen LogP contribution in [0.2, 0.25) is 0 Å². The summed E-state index contributed by atoms with van der Waals surface area (Å²) in [5, 5.41) is 9.61. The smallest absolute Gasteiger partial charge is 0.322 e. The number of nitriles is 1. The number of fused-ring (bicyclic) bond motifs is 1. The minimum atomic E-state index is 0.303. The quantitative estimate of drug-likeness (QED) is 0.500. The van der Waals surface area contributed by atoms with Gasteiger partial charge >= 0.3 is 6.01 Å². The van der Waals surface area contributed by atoms with Crippen LogP contribution < -0.4 is 4.74 Å². The van der Waals surface area contributed by atoms with Crippen LogP contribution in [0.15, 0.2) is 59.7 Å². The third-order valence-corrected chi connectivity index (χ3v) is 4.70. The highest BCUT2D eigenvalue weighted by Gasteiger charge is 2.18. The molecule has 0 bridgehead atoms. The lowest BCUT2D eigenvalue weighted by Crippen LogP contribution is -1.92. The van der Waals surface area contributed by atoms with Crippen LogP contribution in [0.1, 0.15) is 11.3 Å². The highest BCUT2D eigenvalue weighted by Crippen LogP contribution is 2.36. The Morgan fingerprint density at radius 1 is 1.15 bits per heavy atom. The van der Waals surface area contributed by atoms with Gasteiger partial charge in [-0.25, -0.2) is 9.97 Å². The summed E-state index contributed by atoms with van der Waals surface area (Å²) in [5.74, 6) is 0.624. The van der Waals surface area contributed by atoms with Crippen LogP contribution in [0, 0.1) is 18.3 Å². The van der Waals surface area contributed by atoms with Crippen molar-refractivity contribution in [2.75, 3.05) is 0 Å². The summed E-state index contributed by atoms with van der Waals surface area (Å²) < 4.78 is 8.38. The van der Waals surface area contributed by atoms with Crippen LogP contribution >= 0.6 is 15.9 Å². The van der Waals surface area contributed by atoms with E-state index in [0.717, 1.165) is 26.9 Å². The van der Waals surface area contributed by atoms with Gasteiger partial charge in [0.2, 0.25) is 0 Å². The Hall–Kier alpha value is -3.24. The Bertz CT molecular complexity index is 1150. The molecule has 26 heavy (non-hydrogen) atoms. The molecule has 0 amide bonds. The molecule has 0 radical (unpaired) electrons. The van der Waals surface area contributed by atoms with E-state index >= 15 is 0 Å². The van der Waals surface area contributed by atoms with E-state index in [0.29, 0.717) is 17.3 Å². The lowest BCUT2D eigenvalue weighted by atomic mass is 10.0. The van der Waals surface area contributed by atoms with Gasteiger partial charge < -0.3 is 9.14 Å². The van der Waals surface area contributed by atoms with Crippen molar-refractivity contribution in [3.63, 3.8) is 0 Å². The van der Waals surface area contributed by atoms with Crippen molar-refractivity contribution in [2.24, 2.45) is 0 Å². The number of benzene rings is 1. The molecule has 0 aliphatic heterocycles. The Balaban J connectivity index is 1.73. The molecule has 1 aromatic carbocycles. The van der Waals surface area contributed by atoms with Gasteiger partial charge in [0.15, 0.2) is 0 Å². The van der Waals surface area contributed by atoms with Crippen LogP contribution in [-0.4, -0.2) is 19.4 Å². The Kier molecular flexibility index (Phi) is 4.11. The van der Waals surface area contributed by atoms with Crippen molar-refractivity contribution in [1.29, 1.82) is 5.26 Å². The van der Waals surface area contributed by atoms with Gasteiger partial charge in [0.05, 0.1) is 21.9 Å². The van der Waals surface area contributed by atoms with Gasteiger partial charge in [0.25, 0.3) is 0 Å². The second kappa shape index (κ2) is 6.58. The fourth-order valence-electron chi connectivity index (χ4n) is 2.72. The number of aromatic nitrogens is 4. The summed E-state index contributed by atoms with van der Waals surface area (Å²) in [6, 6.07) is 11.8. The van der Waals surface area contributed by atoms with Gasteiger partial charge in [-0.2, -0.15) is 5.26 Å². The van der Waals surface area contributed by atoms with Gasteiger partial charge in [0.1, 0.15) is 11.8 Å². The Labute approximate surface area is 157 Å². The zero-order chi connectivity index (χ0) is 18.1. The summed E-state index contributed by atoms with van der Waals surface area (Å²) in [4.78, 5) is 12.4. The van der Waals surface area contributed by atoms with E-state index in [1.54, 1.807) is 18.6 Å². The zero-order valence-corrected chi connectivity index (χ0v) is 15.3. The molecule has 4 rings (SSSR count). The summed E-state index contributed by atoms with van der Waals surface area (Å²) >= 11 is 3.59. The first kappa shape index (κ1) is 16.2. The minimum Gasteiger partial charge on any atom is -0.424 e. The maximum Gasteiger partial charge on any atom is 0.322 e. The van der Waals surface area contributed by atoms with E-state index in [2.05, 4.69) is 37.0 Å². The first-order chi connectivity index (χ1) is 12.7. The average molecular weight is 406 g/mol. The highest BCUT2D eigenvalue weighted by atomic mass is 79.9. The molecule has 4 aromatic rings. The molecular weight excluding hydrogens is 394 g/mol. The first-order valence-electron chi connectivity index (χ1n) is 7.79. The molecule has 3 aromatic heterocycles. The maximum atomic E-state index is 9.61. The standard InChI is InChI=1S/C19H12BrN5O/c1-12-6-7-23-19(24-12)26-14-4-2-13(3-5-14)17-15(10-21)16-11-22-8-9-25(16)18(17)20/h2-9,11H,1H3. The molecule has 0 atom stereocenters. The number of hydrogen-bond acceptors (Lipinski definition) is 5. The first-order valence-corrected chi connectivity index (χ1v) is 8.58. The minimum absolute atomic E-state index is 0.303. The predicted octanol–water partition coefficient (Wildman–Crippen LogP) is 4.53. The largest absolute Gasteiger partial charge is 0.424 e. The molecule has 0 aliphatic carbocycles. The summed E-state index contributed by atoms with van der Waals surface area (Å²) in [6.07, 6.45) is 6.83. The topological polar surface area (TPSA) is 76.1 Å². The number of halogens is 1. The van der Waals surface area contributed by atoms with Crippen molar-refractivity contribution in [2.45, 2.75) is 6.92 Å². The molecular formula is C19H12BrN5O. The van der Waals surface area contributed by atoms with Crippen molar-refractivity contribution in [3.8, 4) is 29.0 Å². The van der Waals surface area contributed by atoms with Gasteiger partial charge in [-0.3, -0.25) is 4.98 Å². The molecule has 3 heterocycles. The average Bonchev–Trinajstić information content (AvgIpc) is 2.95. The summed E-state index contributed by atoms with van der Waals surface area (Å²) in [5.41, 5.74) is 3.88. The Morgan fingerprint density at radius 2 is 1.96 bits per heavy atom. The molecule has 0 unspecified atom stereocenters. The summed E-state index contributed by atoms with van der Waals surface area (Å²) in [7, 11) is 0. The van der Waals surface area contributed by atoms with Gasteiger partial charge in [-0.05, 0) is 46.6 Å². The number of rotatable bonds is 3. The van der Waals surface area contributed by atoms with Crippen molar-refractivity contribution in [1.82, 2.24) is 19.4 Å². The molecule has 0 N–H and O–H groups in total. The predicted molar refractivity (Wildman–Crippen MR) is 99.9 cm³/mol. The lowest BCUT2D eigenvalue weighted by molar-refractivity contribution is 0.440. The fourth-order valence-corrected chi connectivity index (χ4v) is 3.45. The number of hydrogen-bond donors (Lipinski definition) is 0. The van der Waals surface area contributed by atoms with E-state index in [9.17, 15) is 5.26 Å². The van der Waals surface area contributed by atoms with Crippen LogP contribution in [0.25, 0.3) is 16.6 Å². The fraction of sp³-hybridized carbons (Fsp3) is 0.0526. The van der Waals surface area contributed by atoms with Crippen molar-refractivity contribution in [3.05, 3.63) is 71.0 Å². The molecule has 0 aliphatic rings. The molecule has 7 heteroatoms. The second-order valence-corrected chi connectivity index (χ2v) is 6.34. The van der Waals surface area contributed by atoms with Crippen LogP contribution in [-0.2, 0) is 0 Å². The third-order valence-electron chi connectivity index (χ3n) is 3.92. The zero-order valence-electron chi connectivity index (χ0n) is 13.7. The highest BCUT2D eigenvalue weighted by molar-refractivity contribution is 9.10. The SMILES string of the molecule is Cc1ccnc(Oc2ccc(-c3c(C#N)c4cnccn4c3Br)cc2)n1. The molecule has 126 valence electrons. The second-order valence-electron chi connectivity index (χ2n) is 5.59. The molecule has 0 saturated carbocycles. The third kappa shape index (κ3) is 2.80. The van der Waals surface area contributed by atoms with E-state index in [1.807, 2.05) is 47.9 Å². The van der Waals surface area contributed by atoms with Gasteiger partial charge in [-0.15, -0.1) is 0 Å². The molecule has 0 saturated heterocycles. The maximum absolute atomic E-state index is 9.61. The molecule has 0 fully saturated rings. The van der Waals surface area contributed by atoms with Crippen molar-refractivity contribution >= 4 is 21.4 Å². The van der Waals surface area contributed by atoms with E-state index in [1.165, 1.54) is 0 Å². The normalized spacial score (nSPS) is 10.7. The van der Waals surface area contributed by atoms with Gasteiger partial charge in [-0.1, -0.05) is 12.1 Å². The Morgan fingerprint density at radius 3 is 2.69 bits per heavy atom. The number of nitrogens with zero attached hydrogens (tertiary/aromatic N) is 5. The molecule has 0 spiro atoms. The van der Waals surface area contributed by atoms with E-state index < -0.39 is 0 Å². The van der Waals surface area contributed by atoms with Crippen LogP contribution in [0.5, 0.6) is 11.8 Å².